The van der Waals surface area contributed by atoms with Gasteiger partial charge in [0, 0.05) is 27.6 Å². The van der Waals surface area contributed by atoms with Crippen molar-refractivity contribution in [1.29, 1.82) is 0 Å². The van der Waals surface area contributed by atoms with Crippen LogP contribution in [0.3, 0.4) is 0 Å². The summed E-state index contributed by atoms with van der Waals surface area (Å²) in [6.07, 6.45) is 0. The van der Waals surface area contributed by atoms with E-state index in [9.17, 15) is 14.9 Å². The number of rotatable bonds is 7. The standard InChI is InChI=1S/C21H19N3O3S/c1-15-11-12-16(24(26)27)13-19(15)23-21(25)14-22-18-9-5-6-10-20(18)28-17-7-3-2-4-8-17/h2-13,22H,14H2,1H3,(H,23,25). The van der Waals surface area contributed by atoms with Crippen molar-refractivity contribution in [2.75, 3.05) is 17.2 Å². The first kappa shape index (κ1) is 19.4. The second kappa shape index (κ2) is 9.05. The van der Waals surface area contributed by atoms with Crippen LogP contribution in [-0.4, -0.2) is 17.4 Å². The summed E-state index contributed by atoms with van der Waals surface area (Å²) in [6, 6.07) is 22.1. The Labute approximate surface area is 167 Å². The van der Waals surface area contributed by atoms with E-state index in [4.69, 9.17) is 0 Å². The lowest BCUT2D eigenvalue weighted by molar-refractivity contribution is -0.384. The lowest BCUT2D eigenvalue weighted by Gasteiger charge is -2.13. The summed E-state index contributed by atoms with van der Waals surface area (Å²) in [5.74, 6) is -0.275. The fourth-order valence-corrected chi connectivity index (χ4v) is 3.49. The monoisotopic (exact) mass is 393 g/mol. The number of para-hydroxylation sites is 1. The Kier molecular flexibility index (Phi) is 6.29. The second-order valence-electron chi connectivity index (χ2n) is 6.07. The number of non-ortho nitro benzene ring substituents is 1. The van der Waals surface area contributed by atoms with Crippen LogP contribution in [0.2, 0.25) is 0 Å². The Morgan fingerprint density at radius 2 is 1.71 bits per heavy atom. The number of carbonyl (C=O) groups is 1. The third-order valence-electron chi connectivity index (χ3n) is 4.00. The number of nitrogens with one attached hydrogen (secondary N) is 2. The Hall–Kier alpha value is -3.32. The molecule has 0 bridgehead atoms. The average molecular weight is 393 g/mol. The summed E-state index contributed by atoms with van der Waals surface area (Å²) < 4.78 is 0. The van der Waals surface area contributed by atoms with Crippen molar-refractivity contribution in [3.8, 4) is 0 Å². The second-order valence-corrected chi connectivity index (χ2v) is 7.18. The molecule has 0 aromatic heterocycles. The van der Waals surface area contributed by atoms with Crippen LogP contribution < -0.4 is 10.6 Å². The highest BCUT2D eigenvalue weighted by Crippen LogP contribution is 2.33. The number of aryl methyl sites for hydroxylation is 1. The van der Waals surface area contributed by atoms with Crippen LogP contribution in [0.4, 0.5) is 17.1 Å². The molecule has 0 fully saturated rings. The zero-order chi connectivity index (χ0) is 19.9. The van der Waals surface area contributed by atoms with E-state index < -0.39 is 4.92 Å². The lowest BCUT2D eigenvalue weighted by Crippen LogP contribution is -2.22. The first-order chi connectivity index (χ1) is 13.5. The van der Waals surface area contributed by atoms with Crippen LogP contribution in [0.1, 0.15) is 5.56 Å². The maximum absolute atomic E-state index is 12.3. The van der Waals surface area contributed by atoms with E-state index in [1.807, 2.05) is 54.6 Å². The molecular weight excluding hydrogens is 374 g/mol. The minimum Gasteiger partial charge on any atom is -0.375 e. The molecule has 3 aromatic rings. The van der Waals surface area contributed by atoms with Gasteiger partial charge in [-0.15, -0.1) is 0 Å². The molecule has 0 radical (unpaired) electrons. The van der Waals surface area contributed by atoms with E-state index in [1.54, 1.807) is 24.8 Å². The molecule has 0 saturated heterocycles. The van der Waals surface area contributed by atoms with E-state index in [0.717, 1.165) is 21.0 Å². The van der Waals surface area contributed by atoms with Gasteiger partial charge in [-0.3, -0.25) is 14.9 Å². The molecule has 3 rings (SSSR count). The van der Waals surface area contributed by atoms with E-state index in [-0.39, 0.29) is 18.1 Å². The molecule has 0 aliphatic carbocycles. The van der Waals surface area contributed by atoms with Gasteiger partial charge in [0.15, 0.2) is 0 Å². The van der Waals surface area contributed by atoms with Crippen LogP contribution in [0.25, 0.3) is 0 Å². The van der Waals surface area contributed by atoms with Gasteiger partial charge in [-0.1, -0.05) is 48.2 Å². The molecule has 1 amide bonds. The third-order valence-corrected chi connectivity index (χ3v) is 5.09. The molecule has 142 valence electrons. The van der Waals surface area contributed by atoms with Crippen molar-refractivity contribution in [3.05, 3.63) is 88.5 Å². The third kappa shape index (κ3) is 5.11. The van der Waals surface area contributed by atoms with Crippen molar-refractivity contribution in [2.24, 2.45) is 0 Å². The summed E-state index contributed by atoms with van der Waals surface area (Å²) in [7, 11) is 0. The molecule has 28 heavy (non-hydrogen) atoms. The summed E-state index contributed by atoms with van der Waals surface area (Å²) in [6.45, 7) is 1.84. The van der Waals surface area contributed by atoms with Crippen LogP contribution in [0, 0.1) is 17.0 Å². The van der Waals surface area contributed by atoms with Gasteiger partial charge in [0.25, 0.3) is 5.69 Å². The summed E-state index contributed by atoms with van der Waals surface area (Å²) in [5.41, 5.74) is 1.99. The molecule has 3 aromatic carbocycles. The average Bonchev–Trinajstić information content (AvgIpc) is 2.69. The molecule has 0 aliphatic rings. The molecule has 6 nitrogen and oxygen atoms in total. The van der Waals surface area contributed by atoms with E-state index in [0.29, 0.717) is 5.69 Å². The van der Waals surface area contributed by atoms with Crippen molar-refractivity contribution >= 4 is 34.7 Å². The quantitative estimate of drug-likeness (QED) is 0.431. The maximum atomic E-state index is 12.3. The van der Waals surface area contributed by atoms with Crippen molar-refractivity contribution < 1.29 is 9.72 Å². The fourth-order valence-electron chi connectivity index (χ4n) is 2.55. The van der Waals surface area contributed by atoms with Crippen LogP contribution in [0.5, 0.6) is 0 Å². The largest absolute Gasteiger partial charge is 0.375 e. The number of anilines is 2. The smallest absolute Gasteiger partial charge is 0.271 e. The molecule has 0 atom stereocenters. The Morgan fingerprint density at radius 3 is 2.46 bits per heavy atom. The molecule has 0 saturated carbocycles. The highest BCUT2D eigenvalue weighted by molar-refractivity contribution is 7.99. The number of nitro groups is 1. The molecule has 0 unspecified atom stereocenters. The van der Waals surface area contributed by atoms with Gasteiger partial charge in [0.2, 0.25) is 5.91 Å². The van der Waals surface area contributed by atoms with Crippen molar-refractivity contribution in [3.63, 3.8) is 0 Å². The number of amides is 1. The summed E-state index contributed by atoms with van der Waals surface area (Å²) in [4.78, 5) is 24.9. The van der Waals surface area contributed by atoms with Gasteiger partial charge in [-0.05, 0) is 36.8 Å². The Morgan fingerprint density at radius 1 is 1.00 bits per heavy atom. The lowest BCUT2D eigenvalue weighted by atomic mass is 10.2. The Bertz CT molecular complexity index is 993. The van der Waals surface area contributed by atoms with Crippen molar-refractivity contribution in [2.45, 2.75) is 16.7 Å². The first-order valence-corrected chi connectivity index (χ1v) is 9.45. The predicted molar refractivity (Wildman–Crippen MR) is 112 cm³/mol. The molecule has 0 spiro atoms. The molecule has 7 heteroatoms. The molecule has 0 aliphatic heterocycles. The summed E-state index contributed by atoms with van der Waals surface area (Å²) in [5, 5.41) is 16.8. The van der Waals surface area contributed by atoms with Gasteiger partial charge < -0.3 is 10.6 Å². The van der Waals surface area contributed by atoms with Gasteiger partial charge in [0.1, 0.15) is 0 Å². The van der Waals surface area contributed by atoms with E-state index in [2.05, 4.69) is 10.6 Å². The number of hydrogen-bond acceptors (Lipinski definition) is 5. The predicted octanol–water partition coefficient (Wildman–Crippen LogP) is 5.11. The van der Waals surface area contributed by atoms with E-state index in [1.165, 1.54) is 12.1 Å². The number of carbonyl (C=O) groups excluding carboxylic acids is 1. The van der Waals surface area contributed by atoms with E-state index >= 15 is 0 Å². The topological polar surface area (TPSA) is 84.3 Å². The number of nitrogens with zero attached hydrogens (tertiary/aromatic N) is 1. The highest BCUT2D eigenvalue weighted by atomic mass is 32.2. The van der Waals surface area contributed by atoms with Crippen LogP contribution >= 0.6 is 11.8 Å². The van der Waals surface area contributed by atoms with Crippen molar-refractivity contribution in [1.82, 2.24) is 0 Å². The van der Waals surface area contributed by atoms with Gasteiger partial charge in [-0.2, -0.15) is 0 Å². The minimum atomic E-state index is -0.482. The number of nitro benzene ring substituents is 1. The molecule has 0 heterocycles. The summed E-state index contributed by atoms with van der Waals surface area (Å²) >= 11 is 1.61. The molecule has 2 N–H and O–H groups in total. The molecular formula is C21H19N3O3S. The van der Waals surface area contributed by atoms with Crippen LogP contribution in [-0.2, 0) is 4.79 Å². The zero-order valence-corrected chi connectivity index (χ0v) is 16.0. The number of benzene rings is 3. The normalized spacial score (nSPS) is 10.3. The minimum absolute atomic E-state index is 0.0501. The zero-order valence-electron chi connectivity index (χ0n) is 15.2. The maximum Gasteiger partial charge on any atom is 0.271 e. The van der Waals surface area contributed by atoms with Gasteiger partial charge >= 0.3 is 0 Å². The Balaban J connectivity index is 1.65. The van der Waals surface area contributed by atoms with Crippen LogP contribution in [0.15, 0.2) is 82.6 Å². The fraction of sp³-hybridized carbons (Fsp3) is 0.0952. The van der Waals surface area contributed by atoms with Gasteiger partial charge in [0.05, 0.1) is 17.2 Å². The SMILES string of the molecule is Cc1ccc([N+](=O)[O-])cc1NC(=O)CNc1ccccc1Sc1ccccc1. The van der Waals surface area contributed by atoms with Gasteiger partial charge in [-0.25, -0.2) is 0 Å². The number of hydrogen-bond donors (Lipinski definition) is 2. The highest BCUT2D eigenvalue weighted by Gasteiger charge is 2.12. The first-order valence-electron chi connectivity index (χ1n) is 8.63.